The fourth-order valence-electron chi connectivity index (χ4n) is 2.20. The number of amides is 1. The van der Waals surface area contributed by atoms with Gasteiger partial charge in [-0.2, -0.15) is 0 Å². The molecule has 19 heavy (non-hydrogen) atoms. The monoisotopic (exact) mass is 294 g/mol. The van der Waals surface area contributed by atoms with E-state index in [9.17, 15) is 9.59 Å². The van der Waals surface area contributed by atoms with E-state index < -0.39 is 16.9 Å². The molecule has 1 saturated carbocycles. The molecule has 0 saturated heterocycles. The Kier molecular flexibility index (Phi) is 6.25. The Morgan fingerprint density at radius 3 is 2.42 bits per heavy atom. The van der Waals surface area contributed by atoms with Crippen molar-refractivity contribution in [1.82, 2.24) is 5.32 Å². The fourth-order valence-corrected chi connectivity index (χ4v) is 2.20. The zero-order valence-corrected chi connectivity index (χ0v) is 12.6. The number of nitrogens with one attached hydrogen (secondary N) is 1. The van der Waals surface area contributed by atoms with Crippen LogP contribution in [-0.2, 0) is 19.1 Å². The summed E-state index contributed by atoms with van der Waals surface area (Å²) in [6.45, 7) is 6.13. The largest absolute Gasteiger partial charge is 0.468 e. The first-order valence-corrected chi connectivity index (χ1v) is 6.05. The summed E-state index contributed by atoms with van der Waals surface area (Å²) < 4.78 is 9.99. The van der Waals surface area contributed by atoms with Crippen LogP contribution >= 0.6 is 12.4 Å². The number of hydrogen-bond donors (Lipinski definition) is 2. The van der Waals surface area contributed by atoms with Crippen molar-refractivity contribution in [3.8, 4) is 0 Å². The van der Waals surface area contributed by atoms with E-state index >= 15 is 0 Å². The molecule has 1 amide bonds. The minimum atomic E-state index is -0.999. The molecule has 0 aromatic heterocycles. The van der Waals surface area contributed by atoms with Crippen molar-refractivity contribution in [3.05, 3.63) is 0 Å². The molecule has 0 bridgehead atoms. The lowest BCUT2D eigenvalue weighted by atomic mass is 9.54. The first-order valence-electron chi connectivity index (χ1n) is 6.05. The number of ether oxygens (including phenoxy) is 2. The van der Waals surface area contributed by atoms with Crippen molar-refractivity contribution in [2.24, 2.45) is 11.1 Å². The number of halogens is 1. The third-order valence-corrected chi connectivity index (χ3v) is 3.86. The molecule has 0 radical (unpaired) electrons. The Morgan fingerprint density at radius 1 is 1.42 bits per heavy atom. The van der Waals surface area contributed by atoms with Crippen LogP contribution in [0.25, 0.3) is 0 Å². The van der Waals surface area contributed by atoms with Gasteiger partial charge in [-0.25, -0.2) is 0 Å². The zero-order chi connectivity index (χ0) is 14.0. The third-order valence-electron chi connectivity index (χ3n) is 3.86. The van der Waals surface area contributed by atoms with Crippen molar-refractivity contribution < 1.29 is 19.1 Å². The van der Waals surface area contributed by atoms with Crippen LogP contribution in [0.4, 0.5) is 0 Å². The van der Waals surface area contributed by atoms with Gasteiger partial charge in [0.2, 0.25) is 5.91 Å². The Bertz CT molecular complexity index is 349. The van der Waals surface area contributed by atoms with Crippen LogP contribution in [-0.4, -0.2) is 43.8 Å². The minimum absolute atomic E-state index is 0. The molecule has 2 unspecified atom stereocenters. The number of carbonyl (C=O) groups is 2. The van der Waals surface area contributed by atoms with Crippen LogP contribution in [0.5, 0.6) is 0 Å². The highest BCUT2D eigenvalue weighted by atomic mass is 35.5. The van der Waals surface area contributed by atoms with E-state index in [0.717, 1.165) is 0 Å². The number of nitrogens with two attached hydrogens (primary N) is 1. The lowest BCUT2D eigenvalue weighted by Crippen LogP contribution is -2.76. The fraction of sp³-hybridized carbons (Fsp3) is 0.833. The molecule has 2 atom stereocenters. The van der Waals surface area contributed by atoms with E-state index in [1.807, 2.05) is 20.8 Å². The van der Waals surface area contributed by atoms with E-state index in [-0.39, 0.29) is 31.0 Å². The third kappa shape index (κ3) is 3.19. The quantitative estimate of drug-likeness (QED) is 0.708. The van der Waals surface area contributed by atoms with Gasteiger partial charge in [0.05, 0.1) is 13.2 Å². The Labute approximate surface area is 119 Å². The lowest BCUT2D eigenvalue weighted by Gasteiger charge is -2.57. The molecule has 3 N–H and O–H groups in total. The van der Waals surface area contributed by atoms with Crippen molar-refractivity contribution in [2.45, 2.75) is 38.8 Å². The average molecular weight is 295 g/mol. The summed E-state index contributed by atoms with van der Waals surface area (Å²) in [5, 5.41) is 2.50. The standard InChI is InChI=1S/C12H22N2O4.ClH/c1-5-18-8-6-12(13,11(8,2)3)10(16)14-7-9(15)17-4;/h8H,5-7,13H2,1-4H3,(H,14,16);1H. The van der Waals surface area contributed by atoms with Gasteiger partial charge in [-0.1, -0.05) is 13.8 Å². The highest BCUT2D eigenvalue weighted by Crippen LogP contribution is 2.49. The summed E-state index contributed by atoms with van der Waals surface area (Å²) in [7, 11) is 1.27. The highest BCUT2D eigenvalue weighted by molar-refractivity contribution is 5.91. The van der Waals surface area contributed by atoms with Gasteiger partial charge in [-0.15, -0.1) is 12.4 Å². The molecular formula is C12H23ClN2O4. The molecule has 1 aliphatic carbocycles. The van der Waals surface area contributed by atoms with Gasteiger partial charge in [0.15, 0.2) is 0 Å². The molecule has 0 spiro atoms. The molecule has 0 aliphatic heterocycles. The Morgan fingerprint density at radius 2 is 2.00 bits per heavy atom. The number of rotatable bonds is 5. The molecular weight excluding hydrogens is 272 g/mol. The van der Waals surface area contributed by atoms with E-state index in [2.05, 4.69) is 10.1 Å². The Balaban J connectivity index is 0.00000324. The second-order valence-corrected chi connectivity index (χ2v) is 5.10. The van der Waals surface area contributed by atoms with Crippen molar-refractivity contribution in [3.63, 3.8) is 0 Å². The Hall–Kier alpha value is -0.850. The first kappa shape index (κ1) is 18.1. The first-order chi connectivity index (χ1) is 8.29. The van der Waals surface area contributed by atoms with Gasteiger partial charge in [-0.05, 0) is 6.92 Å². The van der Waals surface area contributed by atoms with Crippen LogP contribution < -0.4 is 11.1 Å². The number of methoxy groups -OCH3 is 1. The lowest BCUT2D eigenvalue weighted by molar-refractivity contribution is -0.171. The van der Waals surface area contributed by atoms with Crippen LogP contribution in [0.15, 0.2) is 0 Å². The van der Waals surface area contributed by atoms with Crippen LogP contribution in [0.3, 0.4) is 0 Å². The molecule has 7 heteroatoms. The summed E-state index contributed by atoms with van der Waals surface area (Å²) in [6, 6.07) is 0. The van der Waals surface area contributed by atoms with Gasteiger partial charge in [0, 0.05) is 18.4 Å². The van der Waals surface area contributed by atoms with Crippen molar-refractivity contribution >= 4 is 24.3 Å². The topological polar surface area (TPSA) is 90.6 Å². The molecule has 1 aliphatic rings. The second-order valence-electron chi connectivity index (χ2n) is 5.10. The summed E-state index contributed by atoms with van der Waals surface area (Å²) in [6.07, 6.45) is 0.428. The van der Waals surface area contributed by atoms with Gasteiger partial charge in [-0.3, -0.25) is 9.59 Å². The molecule has 0 aromatic carbocycles. The van der Waals surface area contributed by atoms with Crippen LogP contribution in [0.1, 0.15) is 27.2 Å². The summed E-state index contributed by atoms with van der Waals surface area (Å²) in [5.41, 5.74) is 4.67. The van der Waals surface area contributed by atoms with Gasteiger partial charge < -0.3 is 20.5 Å². The smallest absolute Gasteiger partial charge is 0.325 e. The predicted octanol–water partition coefficient (Wildman–Crippen LogP) is 0.230. The van der Waals surface area contributed by atoms with Gasteiger partial charge in [0.25, 0.3) is 0 Å². The predicted molar refractivity (Wildman–Crippen MR) is 73.0 cm³/mol. The molecule has 112 valence electrons. The maximum absolute atomic E-state index is 12.0. The number of carbonyl (C=O) groups excluding carboxylic acids is 2. The van der Waals surface area contributed by atoms with E-state index in [1.54, 1.807) is 0 Å². The average Bonchev–Trinajstić information content (AvgIpc) is 2.34. The van der Waals surface area contributed by atoms with Gasteiger partial charge in [0.1, 0.15) is 12.1 Å². The van der Waals surface area contributed by atoms with Crippen molar-refractivity contribution in [1.29, 1.82) is 0 Å². The van der Waals surface area contributed by atoms with Crippen LogP contribution in [0.2, 0.25) is 0 Å². The minimum Gasteiger partial charge on any atom is -0.468 e. The number of hydrogen-bond acceptors (Lipinski definition) is 5. The summed E-state index contributed by atoms with van der Waals surface area (Å²) >= 11 is 0. The van der Waals surface area contributed by atoms with E-state index in [1.165, 1.54) is 7.11 Å². The van der Waals surface area contributed by atoms with E-state index in [4.69, 9.17) is 10.5 Å². The van der Waals surface area contributed by atoms with Crippen LogP contribution in [0, 0.1) is 5.41 Å². The molecule has 0 heterocycles. The SMILES string of the molecule is CCOC1CC(N)(C(=O)NCC(=O)OC)C1(C)C.Cl. The summed E-state index contributed by atoms with van der Waals surface area (Å²) in [4.78, 5) is 23.0. The highest BCUT2D eigenvalue weighted by Gasteiger charge is 2.62. The summed E-state index contributed by atoms with van der Waals surface area (Å²) in [5.74, 6) is -0.834. The molecule has 1 fully saturated rings. The molecule has 6 nitrogen and oxygen atoms in total. The molecule has 0 aromatic rings. The van der Waals surface area contributed by atoms with Crippen molar-refractivity contribution in [2.75, 3.05) is 20.3 Å². The number of esters is 1. The zero-order valence-electron chi connectivity index (χ0n) is 11.8. The maximum atomic E-state index is 12.0. The molecule has 1 rings (SSSR count). The van der Waals surface area contributed by atoms with Gasteiger partial charge >= 0.3 is 5.97 Å². The second kappa shape index (κ2) is 6.54. The maximum Gasteiger partial charge on any atom is 0.325 e. The van der Waals surface area contributed by atoms with E-state index in [0.29, 0.717) is 13.0 Å². The normalized spacial score (nSPS) is 27.7.